The summed E-state index contributed by atoms with van der Waals surface area (Å²) in [6.45, 7) is 5.66. The second-order valence-electron chi connectivity index (χ2n) is 6.25. The van der Waals surface area contributed by atoms with E-state index in [0.29, 0.717) is 17.1 Å². The second kappa shape index (κ2) is 7.44. The Labute approximate surface area is 152 Å². The molecular formula is C21H20O5. The van der Waals surface area contributed by atoms with Crippen molar-refractivity contribution in [3.05, 3.63) is 64.2 Å². The summed E-state index contributed by atoms with van der Waals surface area (Å²) >= 11 is 0. The molecule has 0 unspecified atom stereocenters. The third-order valence-electron chi connectivity index (χ3n) is 4.11. The van der Waals surface area contributed by atoms with E-state index in [2.05, 4.69) is 0 Å². The van der Waals surface area contributed by atoms with Crippen molar-refractivity contribution in [2.24, 2.45) is 0 Å². The molecule has 0 saturated heterocycles. The molecule has 0 atom stereocenters. The van der Waals surface area contributed by atoms with Crippen LogP contribution in [-0.4, -0.2) is 25.2 Å². The van der Waals surface area contributed by atoms with Gasteiger partial charge < -0.3 is 14.2 Å². The summed E-state index contributed by atoms with van der Waals surface area (Å²) in [5.41, 5.74) is 4.27. The number of rotatable bonds is 5. The normalized spacial score (nSPS) is 12.4. The van der Waals surface area contributed by atoms with Gasteiger partial charge in [0.2, 0.25) is 12.6 Å². The minimum absolute atomic E-state index is 0.199. The first-order chi connectivity index (χ1) is 12.4. The van der Waals surface area contributed by atoms with Crippen molar-refractivity contribution in [3.63, 3.8) is 0 Å². The first-order valence-electron chi connectivity index (χ1n) is 8.29. The number of carbonyl (C=O) groups is 2. The lowest BCUT2D eigenvalue weighted by Crippen LogP contribution is -2.15. The average molecular weight is 352 g/mol. The van der Waals surface area contributed by atoms with Crippen molar-refractivity contribution in [2.45, 2.75) is 20.8 Å². The van der Waals surface area contributed by atoms with Crippen LogP contribution in [0, 0.1) is 20.8 Å². The van der Waals surface area contributed by atoms with Gasteiger partial charge in [-0.05, 0) is 55.7 Å². The van der Waals surface area contributed by atoms with Crippen LogP contribution in [0.25, 0.3) is 6.08 Å². The predicted octanol–water partition coefficient (Wildman–Crippen LogP) is 3.78. The number of hydrogen-bond acceptors (Lipinski definition) is 5. The van der Waals surface area contributed by atoms with E-state index in [9.17, 15) is 9.59 Å². The molecule has 2 aromatic rings. The van der Waals surface area contributed by atoms with Gasteiger partial charge in [0, 0.05) is 11.6 Å². The topological polar surface area (TPSA) is 61.8 Å². The number of carbonyl (C=O) groups excluding carboxylic acids is 2. The van der Waals surface area contributed by atoms with Crippen LogP contribution in [0.3, 0.4) is 0 Å². The van der Waals surface area contributed by atoms with Crippen LogP contribution in [0.5, 0.6) is 11.5 Å². The third kappa shape index (κ3) is 3.94. The van der Waals surface area contributed by atoms with E-state index in [1.54, 1.807) is 18.2 Å². The number of ether oxygens (including phenoxy) is 3. The van der Waals surface area contributed by atoms with E-state index in [1.807, 2.05) is 39.0 Å². The molecule has 0 radical (unpaired) electrons. The summed E-state index contributed by atoms with van der Waals surface area (Å²) in [7, 11) is 0. The molecule has 0 aromatic heterocycles. The third-order valence-corrected chi connectivity index (χ3v) is 4.11. The fourth-order valence-corrected chi connectivity index (χ4v) is 3.06. The Balaban J connectivity index is 1.60. The Morgan fingerprint density at radius 3 is 2.46 bits per heavy atom. The van der Waals surface area contributed by atoms with Gasteiger partial charge in [0.1, 0.15) is 0 Å². The minimum atomic E-state index is -0.571. The quantitative estimate of drug-likeness (QED) is 0.466. The number of esters is 1. The number of Topliss-reactive ketones (excluding diaryl/α,β-unsaturated/α-hetero) is 1. The Hall–Kier alpha value is -3.08. The Morgan fingerprint density at radius 1 is 1.04 bits per heavy atom. The number of ketones is 1. The molecule has 2 aromatic carbocycles. The van der Waals surface area contributed by atoms with Gasteiger partial charge in [0.05, 0.1) is 0 Å². The van der Waals surface area contributed by atoms with Crippen molar-refractivity contribution in [1.29, 1.82) is 0 Å². The molecule has 0 aliphatic carbocycles. The first-order valence-corrected chi connectivity index (χ1v) is 8.29. The van der Waals surface area contributed by atoms with Crippen molar-refractivity contribution >= 4 is 17.8 Å². The lowest BCUT2D eigenvalue weighted by atomic mass is 9.97. The van der Waals surface area contributed by atoms with Crippen LogP contribution in [0.2, 0.25) is 0 Å². The zero-order valence-corrected chi connectivity index (χ0v) is 15.0. The lowest BCUT2D eigenvalue weighted by molar-refractivity contribution is -0.136. The maximum Gasteiger partial charge on any atom is 0.331 e. The molecule has 5 heteroatoms. The molecule has 1 aliphatic rings. The molecule has 134 valence electrons. The highest BCUT2D eigenvalue weighted by Crippen LogP contribution is 2.32. The standard InChI is InChI=1S/C21H20O5/c1-13-8-14(2)21(15(3)9-13)17(22)11-24-20(23)7-5-16-4-6-18-19(10-16)26-12-25-18/h4-10H,11-12H2,1-3H3/b7-5+. The number of hydrogen-bond donors (Lipinski definition) is 0. The van der Waals surface area contributed by atoms with E-state index in [4.69, 9.17) is 14.2 Å². The Kier molecular flexibility index (Phi) is 5.07. The summed E-state index contributed by atoms with van der Waals surface area (Å²) in [4.78, 5) is 24.3. The molecular weight excluding hydrogens is 332 g/mol. The molecule has 0 bridgehead atoms. The van der Waals surface area contributed by atoms with Crippen molar-refractivity contribution in [3.8, 4) is 11.5 Å². The van der Waals surface area contributed by atoms with E-state index < -0.39 is 5.97 Å². The van der Waals surface area contributed by atoms with Crippen molar-refractivity contribution < 1.29 is 23.8 Å². The Bertz CT molecular complexity index is 872. The molecule has 1 heterocycles. The van der Waals surface area contributed by atoms with E-state index in [0.717, 1.165) is 22.3 Å². The van der Waals surface area contributed by atoms with Gasteiger partial charge in [-0.1, -0.05) is 23.8 Å². The summed E-state index contributed by atoms with van der Waals surface area (Å²) in [6, 6.07) is 9.25. The van der Waals surface area contributed by atoms with Gasteiger partial charge in [-0.15, -0.1) is 0 Å². The zero-order chi connectivity index (χ0) is 18.7. The highest BCUT2D eigenvalue weighted by Gasteiger charge is 2.15. The van der Waals surface area contributed by atoms with E-state index >= 15 is 0 Å². The van der Waals surface area contributed by atoms with Gasteiger partial charge in [-0.2, -0.15) is 0 Å². The predicted molar refractivity (Wildman–Crippen MR) is 97.5 cm³/mol. The molecule has 0 saturated carbocycles. The first kappa shape index (κ1) is 17.7. The molecule has 5 nitrogen and oxygen atoms in total. The van der Waals surface area contributed by atoms with Gasteiger partial charge in [-0.25, -0.2) is 4.79 Å². The van der Waals surface area contributed by atoms with Crippen molar-refractivity contribution in [2.75, 3.05) is 13.4 Å². The lowest BCUT2D eigenvalue weighted by Gasteiger charge is -2.10. The smallest absolute Gasteiger partial charge is 0.331 e. The fourth-order valence-electron chi connectivity index (χ4n) is 3.06. The summed E-state index contributed by atoms with van der Waals surface area (Å²) < 4.78 is 15.6. The SMILES string of the molecule is Cc1cc(C)c(C(=O)COC(=O)/C=C/c2ccc3c(c2)OCO3)c(C)c1. The number of aryl methyl sites for hydroxylation is 3. The second-order valence-corrected chi connectivity index (χ2v) is 6.25. The van der Waals surface area contributed by atoms with E-state index in [-0.39, 0.29) is 19.2 Å². The molecule has 0 spiro atoms. The van der Waals surface area contributed by atoms with Crippen LogP contribution in [0.1, 0.15) is 32.6 Å². The summed E-state index contributed by atoms with van der Waals surface area (Å²) in [5, 5.41) is 0. The van der Waals surface area contributed by atoms with Gasteiger partial charge in [-0.3, -0.25) is 4.79 Å². The number of benzene rings is 2. The molecule has 1 aliphatic heterocycles. The molecule has 0 amide bonds. The molecule has 0 N–H and O–H groups in total. The van der Waals surface area contributed by atoms with Gasteiger partial charge >= 0.3 is 5.97 Å². The molecule has 0 fully saturated rings. The summed E-state index contributed by atoms with van der Waals surface area (Å²) in [6.07, 6.45) is 2.90. The maximum atomic E-state index is 12.4. The van der Waals surface area contributed by atoms with Crippen LogP contribution in [0.15, 0.2) is 36.4 Å². The maximum absolute atomic E-state index is 12.4. The van der Waals surface area contributed by atoms with Crippen molar-refractivity contribution in [1.82, 2.24) is 0 Å². The highest BCUT2D eigenvalue weighted by molar-refractivity contribution is 6.01. The highest BCUT2D eigenvalue weighted by atomic mass is 16.7. The monoisotopic (exact) mass is 352 g/mol. The van der Waals surface area contributed by atoms with Crippen LogP contribution < -0.4 is 9.47 Å². The van der Waals surface area contributed by atoms with Crippen LogP contribution in [0.4, 0.5) is 0 Å². The minimum Gasteiger partial charge on any atom is -0.454 e. The van der Waals surface area contributed by atoms with Crippen LogP contribution in [-0.2, 0) is 9.53 Å². The average Bonchev–Trinajstić information content (AvgIpc) is 3.05. The van der Waals surface area contributed by atoms with Gasteiger partial charge in [0.15, 0.2) is 18.1 Å². The zero-order valence-electron chi connectivity index (χ0n) is 15.0. The fraction of sp³-hybridized carbons (Fsp3) is 0.238. The van der Waals surface area contributed by atoms with Gasteiger partial charge in [0.25, 0.3) is 0 Å². The van der Waals surface area contributed by atoms with E-state index in [1.165, 1.54) is 6.08 Å². The molecule has 26 heavy (non-hydrogen) atoms. The molecule has 3 rings (SSSR count). The van der Waals surface area contributed by atoms with Crippen LogP contribution >= 0.6 is 0 Å². The summed E-state index contributed by atoms with van der Waals surface area (Å²) in [5.74, 6) is 0.545. The number of fused-ring (bicyclic) bond motifs is 1. The Morgan fingerprint density at radius 2 is 1.73 bits per heavy atom. The largest absolute Gasteiger partial charge is 0.454 e.